The Morgan fingerprint density at radius 2 is 1.74 bits per heavy atom. The van der Waals surface area contributed by atoms with E-state index >= 15 is 0 Å². The molecule has 7 heteroatoms. The maximum Gasteiger partial charge on any atom is 0.416 e. The Morgan fingerprint density at radius 3 is 2.44 bits per heavy atom. The van der Waals surface area contributed by atoms with Crippen LogP contribution in [0.5, 0.6) is 0 Å². The first kappa shape index (κ1) is 19.1. The third-order valence-corrected chi connectivity index (χ3v) is 5.05. The number of alkyl halides is 3. The van der Waals surface area contributed by atoms with Gasteiger partial charge in [-0.1, -0.05) is 24.3 Å². The molecule has 0 aliphatic rings. The van der Waals surface area contributed by atoms with E-state index in [1.807, 2.05) is 0 Å². The van der Waals surface area contributed by atoms with Gasteiger partial charge in [-0.15, -0.1) is 11.3 Å². The first-order chi connectivity index (χ1) is 12.8. The minimum absolute atomic E-state index is 0.291. The van der Waals surface area contributed by atoms with Crippen LogP contribution in [0.2, 0.25) is 0 Å². The van der Waals surface area contributed by atoms with Crippen molar-refractivity contribution >= 4 is 17.2 Å². The summed E-state index contributed by atoms with van der Waals surface area (Å²) in [5.74, 6) is -0.608. The lowest BCUT2D eigenvalue weighted by molar-refractivity contribution is -0.137. The summed E-state index contributed by atoms with van der Waals surface area (Å²) in [4.78, 5) is 13.2. The van der Waals surface area contributed by atoms with Gasteiger partial charge in [0.05, 0.1) is 10.4 Å². The van der Waals surface area contributed by atoms with E-state index in [1.54, 1.807) is 30.3 Å². The van der Waals surface area contributed by atoms with Crippen molar-refractivity contribution in [1.82, 2.24) is 5.32 Å². The number of hydrogen-bond donors (Lipinski definition) is 1. The molecule has 0 saturated heterocycles. The van der Waals surface area contributed by atoms with Crippen molar-refractivity contribution in [3.8, 4) is 10.4 Å². The van der Waals surface area contributed by atoms with Crippen LogP contribution in [0.1, 0.15) is 20.8 Å². The molecule has 27 heavy (non-hydrogen) atoms. The molecule has 2 aromatic carbocycles. The monoisotopic (exact) mass is 393 g/mol. The molecule has 1 amide bonds. The average molecular weight is 393 g/mol. The van der Waals surface area contributed by atoms with Crippen molar-refractivity contribution in [3.63, 3.8) is 0 Å². The summed E-state index contributed by atoms with van der Waals surface area (Å²) in [5.41, 5.74) is 0.589. The van der Waals surface area contributed by atoms with Crippen LogP contribution < -0.4 is 5.32 Å². The van der Waals surface area contributed by atoms with Crippen LogP contribution in [0.25, 0.3) is 10.4 Å². The van der Waals surface area contributed by atoms with Crippen molar-refractivity contribution < 1.29 is 22.4 Å². The summed E-state index contributed by atoms with van der Waals surface area (Å²) in [6.45, 7) is 0.376. The van der Waals surface area contributed by atoms with Crippen LogP contribution in [0.15, 0.2) is 60.7 Å². The first-order valence-corrected chi connectivity index (χ1v) is 8.95. The van der Waals surface area contributed by atoms with Gasteiger partial charge in [-0.25, -0.2) is 4.39 Å². The predicted octanol–water partition coefficient (Wildman–Crippen LogP) is 5.55. The Kier molecular flexibility index (Phi) is 5.60. The molecule has 0 aliphatic heterocycles. The Morgan fingerprint density at radius 1 is 1.00 bits per heavy atom. The van der Waals surface area contributed by atoms with Gasteiger partial charge < -0.3 is 5.32 Å². The van der Waals surface area contributed by atoms with E-state index in [0.717, 1.165) is 29.0 Å². The van der Waals surface area contributed by atoms with Gasteiger partial charge >= 0.3 is 6.18 Å². The van der Waals surface area contributed by atoms with E-state index in [1.165, 1.54) is 18.2 Å². The summed E-state index contributed by atoms with van der Waals surface area (Å²) in [7, 11) is 0. The number of carbonyl (C=O) groups excluding carboxylic acids is 1. The minimum Gasteiger partial charge on any atom is -0.351 e. The molecule has 0 radical (unpaired) electrons. The second kappa shape index (κ2) is 7.92. The van der Waals surface area contributed by atoms with Crippen LogP contribution >= 0.6 is 11.3 Å². The van der Waals surface area contributed by atoms with Crippen LogP contribution in [0.3, 0.4) is 0 Å². The fourth-order valence-corrected chi connectivity index (χ4v) is 3.44. The summed E-state index contributed by atoms with van der Waals surface area (Å²) in [6.07, 6.45) is -3.86. The number of carbonyl (C=O) groups is 1. The van der Waals surface area contributed by atoms with Crippen molar-refractivity contribution in [1.29, 1.82) is 0 Å². The van der Waals surface area contributed by atoms with Gasteiger partial charge in [-0.2, -0.15) is 13.2 Å². The summed E-state index contributed by atoms with van der Waals surface area (Å²) in [6, 6.07) is 14.3. The van der Waals surface area contributed by atoms with Crippen molar-refractivity contribution in [3.05, 3.63) is 82.5 Å². The molecule has 0 fully saturated rings. The highest BCUT2D eigenvalue weighted by atomic mass is 32.1. The van der Waals surface area contributed by atoms with Crippen LogP contribution in [-0.4, -0.2) is 12.5 Å². The Labute approximate surface area is 157 Å². The number of amides is 1. The maximum atomic E-state index is 12.9. The molecule has 0 bridgehead atoms. The average Bonchev–Trinajstić information content (AvgIpc) is 3.13. The quantitative estimate of drug-likeness (QED) is 0.566. The predicted molar refractivity (Wildman–Crippen MR) is 97.2 cm³/mol. The third-order valence-electron chi connectivity index (χ3n) is 3.92. The second-order valence-electron chi connectivity index (χ2n) is 5.87. The Hall–Kier alpha value is -2.67. The summed E-state index contributed by atoms with van der Waals surface area (Å²) >= 11 is 1.13. The highest BCUT2D eigenvalue weighted by Gasteiger charge is 2.30. The molecule has 0 spiro atoms. The molecule has 1 heterocycles. The molecule has 0 saturated carbocycles. The smallest absolute Gasteiger partial charge is 0.351 e. The number of halogens is 4. The SMILES string of the molecule is O=C(NCCc1ccc(F)cc1)c1ccc(-c2cccc(C(F)(F)F)c2)s1. The number of thiophene rings is 1. The van der Waals surface area contributed by atoms with E-state index in [4.69, 9.17) is 0 Å². The van der Waals surface area contributed by atoms with E-state index in [2.05, 4.69) is 5.32 Å². The lowest BCUT2D eigenvalue weighted by atomic mass is 10.1. The van der Waals surface area contributed by atoms with Crippen LogP contribution in [0, 0.1) is 5.82 Å². The Balaban J connectivity index is 1.63. The fourth-order valence-electron chi connectivity index (χ4n) is 2.52. The molecule has 3 rings (SSSR count). The molecular weight excluding hydrogens is 378 g/mol. The normalized spacial score (nSPS) is 11.4. The van der Waals surface area contributed by atoms with Crippen molar-refractivity contribution in [2.24, 2.45) is 0 Å². The maximum absolute atomic E-state index is 12.9. The van der Waals surface area contributed by atoms with Gasteiger partial charge in [0.25, 0.3) is 5.91 Å². The zero-order chi connectivity index (χ0) is 19.4. The number of benzene rings is 2. The molecule has 140 valence electrons. The highest BCUT2D eigenvalue weighted by molar-refractivity contribution is 7.17. The van der Waals surface area contributed by atoms with Gasteiger partial charge in [0.1, 0.15) is 5.82 Å². The number of hydrogen-bond acceptors (Lipinski definition) is 2. The number of nitrogens with one attached hydrogen (secondary N) is 1. The van der Waals surface area contributed by atoms with Gasteiger partial charge in [-0.05, 0) is 53.9 Å². The molecule has 1 N–H and O–H groups in total. The van der Waals surface area contributed by atoms with Gasteiger partial charge in [-0.3, -0.25) is 4.79 Å². The van der Waals surface area contributed by atoms with E-state index in [9.17, 15) is 22.4 Å². The topological polar surface area (TPSA) is 29.1 Å². The second-order valence-corrected chi connectivity index (χ2v) is 6.96. The van der Waals surface area contributed by atoms with E-state index in [0.29, 0.717) is 28.3 Å². The molecule has 1 aromatic heterocycles. The standard InChI is InChI=1S/C20H15F4NOS/c21-16-6-4-13(5-7-16)10-11-25-19(26)18-9-8-17(27-18)14-2-1-3-15(12-14)20(22,23)24/h1-9,12H,10-11H2,(H,25,26). The summed E-state index contributed by atoms with van der Waals surface area (Å²) < 4.78 is 51.4. The van der Waals surface area contributed by atoms with Crippen molar-refractivity contribution in [2.45, 2.75) is 12.6 Å². The summed E-state index contributed by atoms with van der Waals surface area (Å²) in [5, 5.41) is 2.76. The van der Waals surface area contributed by atoms with E-state index < -0.39 is 11.7 Å². The lowest BCUT2D eigenvalue weighted by Gasteiger charge is -2.07. The Bertz CT molecular complexity index is 932. The zero-order valence-corrected chi connectivity index (χ0v) is 14.8. The van der Waals surface area contributed by atoms with Gasteiger partial charge in [0, 0.05) is 11.4 Å². The molecule has 0 unspecified atom stereocenters. The molecule has 3 aromatic rings. The fraction of sp³-hybridized carbons (Fsp3) is 0.150. The molecular formula is C20H15F4NOS. The van der Waals surface area contributed by atoms with E-state index in [-0.39, 0.29) is 11.7 Å². The van der Waals surface area contributed by atoms with Gasteiger partial charge in [0.2, 0.25) is 0 Å². The number of rotatable bonds is 5. The molecule has 0 aliphatic carbocycles. The van der Waals surface area contributed by atoms with Crippen LogP contribution in [-0.2, 0) is 12.6 Å². The molecule has 0 atom stereocenters. The van der Waals surface area contributed by atoms with Crippen LogP contribution in [0.4, 0.5) is 17.6 Å². The molecule has 2 nitrogen and oxygen atoms in total. The third kappa shape index (κ3) is 4.95. The minimum atomic E-state index is -4.41. The zero-order valence-electron chi connectivity index (χ0n) is 14.0. The lowest BCUT2D eigenvalue weighted by Crippen LogP contribution is -2.24. The highest BCUT2D eigenvalue weighted by Crippen LogP contribution is 2.34. The largest absolute Gasteiger partial charge is 0.416 e. The van der Waals surface area contributed by atoms with Crippen molar-refractivity contribution in [2.75, 3.05) is 6.54 Å². The first-order valence-electron chi connectivity index (χ1n) is 8.13. The van der Waals surface area contributed by atoms with Gasteiger partial charge in [0.15, 0.2) is 0 Å².